The van der Waals surface area contributed by atoms with Crippen molar-refractivity contribution in [2.75, 3.05) is 19.0 Å². The van der Waals surface area contributed by atoms with E-state index in [1.165, 1.54) is 0 Å². The van der Waals surface area contributed by atoms with Crippen molar-refractivity contribution in [3.05, 3.63) is 94.0 Å². The largest absolute Gasteiger partial charge is 0.496 e. The minimum Gasteiger partial charge on any atom is -0.496 e. The first kappa shape index (κ1) is 18.9. The second-order valence-corrected chi connectivity index (χ2v) is 6.76. The predicted molar refractivity (Wildman–Crippen MR) is 110 cm³/mol. The molecule has 3 rings (SSSR count). The molecule has 0 radical (unpaired) electrons. The van der Waals surface area contributed by atoms with Gasteiger partial charge in [0.15, 0.2) is 11.6 Å². The highest BCUT2D eigenvalue weighted by Gasteiger charge is 2.11. The SMILES string of the molecule is COc1ccc(C(=O)CNc2cccc(C(=O)c3ccccc3)c2)cc1Br. The predicted octanol–water partition coefficient (Wildman–Crippen LogP) is 4.98. The van der Waals surface area contributed by atoms with Crippen LogP contribution in [0.4, 0.5) is 5.69 Å². The summed E-state index contributed by atoms with van der Waals surface area (Å²) in [4.78, 5) is 25.0. The Morgan fingerprint density at radius 3 is 2.33 bits per heavy atom. The summed E-state index contributed by atoms with van der Waals surface area (Å²) < 4.78 is 5.90. The molecule has 0 atom stereocenters. The van der Waals surface area contributed by atoms with Gasteiger partial charge >= 0.3 is 0 Å². The third-order valence-electron chi connectivity index (χ3n) is 4.09. The summed E-state index contributed by atoms with van der Waals surface area (Å²) in [6.45, 7) is 0.127. The average Bonchev–Trinajstić information content (AvgIpc) is 2.72. The molecule has 4 nitrogen and oxygen atoms in total. The number of ketones is 2. The molecule has 0 aliphatic carbocycles. The van der Waals surface area contributed by atoms with E-state index in [9.17, 15) is 9.59 Å². The van der Waals surface area contributed by atoms with Gasteiger partial charge in [0, 0.05) is 22.4 Å². The first-order valence-electron chi connectivity index (χ1n) is 8.39. The van der Waals surface area contributed by atoms with Gasteiger partial charge in [-0.25, -0.2) is 0 Å². The maximum atomic E-state index is 12.5. The normalized spacial score (nSPS) is 10.3. The molecule has 0 aliphatic rings. The molecular weight excluding hydrogens is 406 g/mol. The minimum atomic E-state index is -0.0573. The number of carbonyl (C=O) groups excluding carboxylic acids is 2. The summed E-state index contributed by atoms with van der Waals surface area (Å²) in [6, 6.07) is 21.5. The van der Waals surface area contributed by atoms with Crippen LogP contribution in [0, 0.1) is 0 Å². The Kier molecular flexibility index (Phi) is 6.04. The van der Waals surface area contributed by atoms with Crippen molar-refractivity contribution < 1.29 is 14.3 Å². The molecule has 0 bridgehead atoms. The first-order valence-corrected chi connectivity index (χ1v) is 9.18. The molecule has 0 amide bonds. The van der Waals surface area contributed by atoms with E-state index >= 15 is 0 Å². The highest BCUT2D eigenvalue weighted by Crippen LogP contribution is 2.25. The molecule has 0 saturated carbocycles. The highest BCUT2D eigenvalue weighted by molar-refractivity contribution is 9.10. The number of rotatable bonds is 7. The number of Topliss-reactive ketones (excluding diaryl/α,β-unsaturated/α-hetero) is 1. The van der Waals surface area contributed by atoms with Crippen LogP contribution in [0.15, 0.2) is 77.3 Å². The summed E-state index contributed by atoms with van der Waals surface area (Å²) in [5, 5.41) is 3.09. The minimum absolute atomic E-state index is 0.0512. The summed E-state index contributed by atoms with van der Waals surface area (Å²) in [5.74, 6) is 0.564. The molecule has 0 fully saturated rings. The third kappa shape index (κ3) is 4.63. The Labute approximate surface area is 166 Å². The number of hydrogen-bond donors (Lipinski definition) is 1. The van der Waals surface area contributed by atoms with Crippen LogP contribution in [0.2, 0.25) is 0 Å². The van der Waals surface area contributed by atoms with Gasteiger partial charge in [-0.15, -0.1) is 0 Å². The fraction of sp³-hybridized carbons (Fsp3) is 0.0909. The second kappa shape index (κ2) is 8.64. The van der Waals surface area contributed by atoms with Crippen molar-refractivity contribution in [2.24, 2.45) is 0 Å². The number of halogens is 1. The van der Waals surface area contributed by atoms with Crippen LogP contribution in [-0.2, 0) is 0 Å². The summed E-state index contributed by atoms with van der Waals surface area (Å²) in [7, 11) is 1.58. The van der Waals surface area contributed by atoms with Gasteiger partial charge in [0.05, 0.1) is 18.1 Å². The molecule has 3 aromatic carbocycles. The van der Waals surface area contributed by atoms with Crippen LogP contribution in [0.3, 0.4) is 0 Å². The number of anilines is 1. The van der Waals surface area contributed by atoms with Crippen LogP contribution in [0.5, 0.6) is 5.75 Å². The standard InChI is InChI=1S/C22H18BrNO3/c1-27-21-11-10-16(13-19(21)23)20(25)14-24-18-9-5-8-17(12-18)22(26)15-6-3-2-4-7-15/h2-13,24H,14H2,1H3. The van der Waals surface area contributed by atoms with Crippen LogP contribution in [-0.4, -0.2) is 25.2 Å². The van der Waals surface area contributed by atoms with Gasteiger partial charge in [0.25, 0.3) is 0 Å². The van der Waals surface area contributed by atoms with E-state index in [1.807, 2.05) is 24.3 Å². The Morgan fingerprint density at radius 2 is 1.63 bits per heavy atom. The number of methoxy groups -OCH3 is 1. The fourth-order valence-corrected chi connectivity index (χ4v) is 3.19. The van der Waals surface area contributed by atoms with Crippen LogP contribution in [0.1, 0.15) is 26.3 Å². The van der Waals surface area contributed by atoms with E-state index in [1.54, 1.807) is 55.6 Å². The van der Waals surface area contributed by atoms with E-state index < -0.39 is 0 Å². The van der Waals surface area contributed by atoms with Crippen LogP contribution in [0.25, 0.3) is 0 Å². The Hall–Kier alpha value is -2.92. The second-order valence-electron chi connectivity index (χ2n) is 5.90. The number of hydrogen-bond acceptors (Lipinski definition) is 4. The smallest absolute Gasteiger partial charge is 0.193 e. The van der Waals surface area contributed by atoms with Gasteiger partial charge in [-0.3, -0.25) is 9.59 Å². The molecule has 0 heterocycles. The number of ether oxygens (including phenoxy) is 1. The Morgan fingerprint density at radius 1 is 0.889 bits per heavy atom. The zero-order valence-electron chi connectivity index (χ0n) is 14.7. The van der Waals surface area contributed by atoms with E-state index in [4.69, 9.17) is 4.74 Å². The number of benzene rings is 3. The van der Waals surface area contributed by atoms with Crippen molar-refractivity contribution in [1.82, 2.24) is 0 Å². The van der Waals surface area contributed by atoms with Gasteiger partial charge in [-0.1, -0.05) is 42.5 Å². The third-order valence-corrected chi connectivity index (χ3v) is 4.71. The van der Waals surface area contributed by atoms with Crippen molar-refractivity contribution in [2.45, 2.75) is 0 Å². The van der Waals surface area contributed by atoms with Gasteiger partial charge < -0.3 is 10.1 Å². The maximum absolute atomic E-state index is 12.5. The molecule has 3 aromatic rings. The molecule has 5 heteroatoms. The van der Waals surface area contributed by atoms with E-state index in [0.29, 0.717) is 22.4 Å². The zero-order valence-corrected chi connectivity index (χ0v) is 16.3. The van der Waals surface area contributed by atoms with Crippen LogP contribution < -0.4 is 10.1 Å². The molecular formula is C22H18BrNO3. The molecule has 0 saturated heterocycles. The topological polar surface area (TPSA) is 55.4 Å². The van der Waals surface area contributed by atoms with Gasteiger partial charge in [-0.05, 0) is 46.3 Å². The lowest BCUT2D eigenvalue weighted by atomic mass is 10.0. The van der Waals surface area contributed by atoms with Crippen molar-refractivity contribution in [3.63, 3.8) is 0 Å². The number of nitrogens with one attached hydrogen (secondary N) is 1. The summed E-state index contributed by atoms with van der Waals surface area (Å²) >= 11 is 3.38. The lowest BCUT2D eigenvalue weighted by Gasteiger charge is -2.09. The summed E-state index contributed by atoms with van der Waals surface area (Å²) in [6.07, 6.45) is 0. The molecule has 0 spiro atoms. The first-order chi connectivity index (χ1) is 13.1. The van der Waals surface area contributed by atoms with Gasteiger partial charge in [0.1, 0.15) is 5.75 Å². The maximum Gasteiger partial charge on any atom is 0.193 e. The van der Waals surface area contributed by atoms with Crippen molar-refractivity contribution in [3.8, 4) is 5.75 Å². The molecule has 0 aliphatic heterocycles. The molecule has 0 unspecified atom stereocenters. The summed E-state index contributed by atoms with van der Waals surface area (Å²) in [5.41, 5.74) is 2.50. The molecule has 27 heavy (non-hydrogen) atoms. The highest BCUT2D eigenvalue weighted by atomic mass is 79.9. The van der Waals surface area contributed by atoms with E-state index in [2.05, 4.69) is 21.2 Å². The van der Waals surface area contributed by atoms with Gasteiger partial charge in [0.2, 0.25) is 0 Å². The molecule has 136 valence electrons. The Balaban J connectivity index is 1.69. The van der Waals surface area contributed by atoms with E-state index in [-0.39, 0.29) is 18.1 Å². The average molecular weight is 424 g/mol. The Bertz CT molecular complexity index is 970. The van der Waals surface area contributed by atoms with E-state index in [0.717, 1.165) is 10.2 Å². The van der Waals surface area contributed by atoms with Gasteiger partial charge in [-0.2, -0.15) is 0 Å². The van der Waals surface area contributed by atoms with Crippen molar-refractivity contribution in [1.29, 1.82) is 0 Å². The monoisotopic (exact) mass is 423 g/mol. The molecule has 1 N–H and O–H groups in total. The lowest BCUT2D eigenvalue weighted by molar-refractivity contribution is 0.100. The van der Waals surface area contributed by atoms with Crippen LogP contribution >= 0.6 is 15.9 Å². The zero-order chi connectivity index (χ0) is 19.2. The lowest BCUT2D eigenvalue weighted by Crippen LogP contribution is -2.14. The molecule has 0 aromatic heterocycles. The fourth-order valence-electron chi connectivity index (χ4n) is 2.65. The number of carbonyl (C=O) groups is 2. The quantitative estimate of drug-likeness (QED) is 0.544. The van der Waals surface area contributed by atoms with Crippen molar-refractivity contribution >= 4 is 33.2 Å².